The second kappa shape index (κ2) is 9.95. The lowest BCUT2D eigenvalue weighted by Gasteiger charge is -2.27. The van der Waals surface area contributed by atoms with Gasteiger partial charge in [0, 0.05) is 45.3 Å². The zero-order valence-electron chi connectivity index (χ0n) is 20.1. The number of hydrogen-bond acceptors (Lipinski definition) is 4. The Hall–Kier alpha value is -2.59. The van der Waals surface area contributed by atoms with Gasteiger partial charge >= 0.3 is 6.18 Å². The van der Waals surface area contributed by atoms with Crippen LogP contribution >= 0.6 is 0 Å². The van der Waals surface area contributed by atoms with Crippen molar-refractivity contribution in [3.8, 4) is 0 Å². The summed E-state index contributed by atoms with van der Waals surface area (Å²) >= 11 is 0. The Labute approximate surface area is 199 Å². The molecule has 0 fully saturated rings. The van der Waals surface area contributed by atoms with Gasteiger partial charge in [-0.1, -0.05) is 13.8 Å². The maximum absolute atomic E-state index is 12.9. The summed E-state index contributed by atoms with van der Waals surface area (Å²) in [5.41, 5.74) is 1.50. The van der Waals surface area contributed by atoms with Gasteiger partial charge in [-0.15, -0.1) is 0 Å². The minimum Gasteiger partial charge on any atom is -0.372 e. The first-order chi connectivity index (χ1) is 15.9. The Morgan fingerprint density at radius 2 is 1.68 bits per heavy atom. The Morgan fingerprint density at radius 1 is 1.06 bits per heavy atom. The predicted octanol–water partition coefficient (Wildman–Crippen LogP) is 5.08. The molecule has 34 heavy (non-hydrogen) atoms. The van der Waals surface area contributed by atoms with Crippen LogP contribution in [0.4, 0.5) is 18.9 Å². The fraction of sp³-hybridized carbons (Fsp3) is 0.458. The molecule has 1 atom stereocenters. The van der Waals surface area contributed by atoms with Gasteiger partial charge in [0.2, 0.25) is 10.0 Å². The highest BCUT2D eigenvalue weighted by atomic mass is 32.2. The minimum absolute atomic E-state index is 0.0511. The van der Waals surface area contributed by atoms with Gasteiger partial charge in [-0.25, -0.2) is 13.4 Å². The maximum Gasteiger partial charge on any atom is 0.416 e. The molecule has 0 N–H and O–H groups in total. The second-order valence-electron chi connectivity index (χ2n) is 8.37. The number of aromatic nitrogens is 2. The zero-order valence-corrected chi connectivity index (χ0v) is 20.9. The molecule has 0 aliphatic carbocycles. The van der Waals surface area contributed by atoms with Gasteiger partial charge in [0.1, 0.15) is 5.82 Å². The van der Waals surface area contributed by atoms with E-state index in [9.17, 15) is 21.6 Å². The number of imidazole rings is 1. The highest BCUT2D eigenvalue weighted by Gasteiger charge is 2.30. The number of hydrogen-bond donors (Lipinski definition) is 0. The van der Waals surface area contributed by atoms with Crippen LogP contribution in [0.3, 0.4) is 0 Å². The van der Waals surface area contributed by atoms with Gasteiger partial charge in [0.15, 0.2) is 0 Å². The van der Waals surface area contributed by atoms with Crippen LogP contribution < -0.4 is 4.90 Å². The van der Waals surface area contributed by atoms with E-state index in [1.807, 2.05) is 30.5 Å². The van der Waals surface area contributed by atoms with E-state index < -0.39 is 21.8 Å². The van der Waals surface area contributed by atoms with Crippen LogP contribution in [0.5, 0.6) is 0 Å². The number of fused-ring (bicyclic) bond motifs is 1. The summed E-state index contributed by atoms with van der Waals surface area (Å²) in [7, 11) is 0.181. The number of halogens is 3. The van der Waals surface area contributed by atoms with Gasteiger partial charge in [-0.3, -0.25) is 0 Å². The smallest absolute Gasteiger partial charge is 0.372 e. The van der Waals surface area contributed by atoms with E-state index in [1.165, 1.54) is 16.4 Å². The van der Waals surface area contributed by atoms with E-state index in [0.29, 0.717) is 30.7 Å². The molecular formula is C24H31F3N4O2S. The number of benzene rings is 2. The summed E-state index contributed by atoms with van der Waals surface area (Å²) in [6.45, 7) is 6.42. The molecule has 0 radical (unpaired) electrons. The molecule has 3 rings (SSSR count). The van der Waals surface area contributed by atoms with Gasteiger partial charge in [0.25, 0.3) is 0 Å². The summed E-state index contributed by atoms with van der Waals surface area (Å²) in [5, 5.41) is 0. The van der Waals surface area contributed by atoms with E-state index in [1.54, 1.807) is 32.0 Å². The molecule has 2 aromatic carbocycles. The van der Waals surface area contributed by atoms with Crippen molar-refractivity contribution in [1.29, 1.82) is 0 Å². The topological polar surface area (TPSA) is 58.4 Å². The third-order valence-corrected chi connectivity index (χ3v) is 8.38. The number of sulfonamides is 1. The summed E-state index contributed by atoms with van der Waals surface area (Å²) in [6, 6.07) is 10.2. The second-order valence-corrected chi connectivity index (χ2v) is 10.3. The Morgan fingerprint density at radius 3 is 2.24 bits per heavy atom. The SMILES string of the molecule is CCN(CC)S(=O)(=O)c1ccc2c(c1)nc(CCC(C)N(C)c1ccc(C(F)(F)F)cc1)n2C. The third kappa shape index (κ3) is 5.22. The van der Waals surface area contributed by atoms with Crippen LogP contribution in [0, 0.1) is 0 Å². The third-order valence-electron chi connectivity index (χ3n) is 6.34. The number of nitrogens with zero attached hydrogens (tertiary/aromatic N) is 4. The molecule has 6 nitrogen and oxygen atoms in total. The average Bonchev–Trinajstić information content (AvgIpc) is 3.12. The molecule has 1 aromatic heterocycles. The van der Waals surface area contributed by atoms with Crippen LogP contribution in [0.2, 0.25) is 0 Å². The summed E-state index contributed by atoms with van der Waals surface area (Å²) < 4.78 is 67.5. The molecule has 0 aliphatic heterocycles. The van der Waals surface area contributed by atoms with Gasteiger partial charge in [-0.05, 0) is 55.8 Å². The predicted molar refractivity (Wildman–Crippen MR) is 128 cm³/mol. The van der Waals surface area contributed by atoms with E-state index in [0.717, 1.165) is 29.9 Å². The van der Waals surface area contributed by atoms with E-state index in [4.69, 9.17) is 0 Å². The van der Waals surface area contributed by atoms with Crippen molar-refractivity contribution in [2.45, 2.75) is 50.7 Å². The van der Waals surface area contributed by atoms with Crippen molar-refractivity contribution < 1.29 is 21.6 Å². The molecule has 0 amide bonds. The minimum atomic E-state index is -4.35. The lowest BCUT2D eigenvalue weighted by Crippen LogP contribution is -2.30. The monoisotopic (exact) mass is 496 g/mol. The van der Waals surface area contributed by atoms with Crippen LogP contribution in [0.1, 0.15) is 38.6 Å². The first kappa shape index (κ1) is 26.0. The molecule has 1 heterocycles. The lowest BCUT2D eigenvalue weighted by molar-refractivity contribution is -0.137. The molecule has 0 spiro atoms. The average molecular weight is 497 g/mol. The molecule has 1 unspecified atom stereocenters. The molecule has 0 saturated carbocycles. The zero-order chi connectivity index (χ0) is 25.3. The van der Waals surface area contributed by atoms with Crippen molar-refractivity contribution in [3.05, 3.63) is 53.9 Å². The highest BCUT2D eigenvalue weighted by Crippen LogP contribution is 2.31. The van der Waals surface area contributed by atoms with E-state index in [2.05, 4.69) is 4.98 Å². The fourth-order valence-electron chi connectivity index (χ4n) is 4.00. The highest BCUT2D eigenvalue weighted by molar-refractivity contribution is 7.89. The van der Waals surface area contributed by atoms with Crippen molar-refractivity contribution in [2.75, 3.05) is 25.0 Å². The Bertz CT molecular complexity index is 1230. The Balaban J connectivity index is 1.75. The van der Waals surface area contributed by atoms with Crippen LogP contribution in [-0.4, -0.2) is 48.5 Å². The lowest BCUT2D eigenvalue weighted by atomic mass is 10.1. The summed E-state index contributed by atoms with van der Waals surface area (Å²) in [5.74, 6) is 0.819. The molecule has 186 valence electrons. The van der Waals surface area contributed by atoms with Crippen LogP contribution in [-0.2, 0) is 29.7 Å². The standard InChI is InChI=1S/C24H31F3N4O2S/c1-6-31(7-2)34(32,33)20-13-14-22-21(16-20)28-23(30(22)5)15-8-17(3)29(4)19-11-9-18(10-12-19)24(25,26)27/h9-14,16-17H,6-8,15H2,1-5H3. The van der Waals surface area contributed by atoms with Crippen molar-refractivity contribution in [3.63, 3.8) is 0 Å². The largest absolute Gasteiger partial charge is 0.416 e. The van der Waals surface area contributed by atoms with E-state index >= 15 is 0 Å². The molecule has 10 heteroatoms. The molecule has 3 aromatic rings. The van der Waals surface area contributed by atoms with Crippen molar-refractivity contribution >= 4 is 26.7 Å². The maximum atomic E-state index is 12.9. The normalized spacial score (nSPS) is 13.6. The van der Waals surface area contributed by atoms with Crippen molar-refractivity contribution in [1.82, 2.24) is 13.9 Å². The van der Waals surface area contributed by atoms with Crippen LogP contribution in [0.15, 0.2) is 47.4 Å². The van der Waals surface area contributed by atoms with Crippen molar-refractivity contribution in [2.24, 2.45) is 7.05 Å². The number of anilines is 1. The van der Waals surface area contributed by atoms with E-state index in [-0.39, 0.29) is 10.9 Å². The Kier molecular flexibility index (Phi) is 7.62. The quantitative estimate of drug-likeness (QED) is 0.415. The number of alkyl halides is 3. The molecule has 0 bridgehead atoms. The first-order valence-corrected chi connectivity index (χ1v) is 12.7. The fourth-order valence-corrected chi connectivity index (χ4v) is 5.48. The summed E-state index contributed by atoms with van der Waals surface area (Å²) in [4.78, 5) is 6.84. The summed E-state index contributed by atoms with van der Waals surface area (Å²) in [6.07, 6.45) is -3.00. The molecule has 0 aliphatic rings. The molecule has 0 saturated heterocycles. The van der Waals surface area contributed by atoms with Gasteiger partial charge < -0.3 is 9.47 Å². The number of rotatable bonds is 9. The molecular weight excluding hydrogens is 465 g/mol. The van der Waals surface area contributed by atoms with Gasteiger partial charge in [-0.2, -0.15) is 17.5 Å². The van der Waals surface area contributed by atoms with Gasteiger partial charge in [0.05, 0.1) is 21.5 Å². The number of aryl methyl sites for hydroxylation is 2. The first-order valence-electron chi connectivity index (χ1n) is 11.3. The van der Waals surface area contributed by atoms with Crippen LogP contribution in [0.25, 0.3) is 11.0 Å².